The molecule has 0 amide bonds. The molecule has 3 aromatic heterocycles. The molecule has 10 nitrogen and oxygen atoms in total. The third-order valence-corrected chi connectivity index (χ3v) is 7.04. The lowest BCUT2D eigenvalue weighted by atomic mass is 10.0. The fourth-order valence-electron chi connectivity index (χ4n) is 5.21. The number of anilines is 1. The zero-order chi connectivity index (χ0) is 24.1. The number of methoxy groups -OCH3 is 1. The number of hydrogen-bond acceptors (Lipinski definition) is 8. The van der Waals surface area contributed by atoms with E-state index in [9.17, 15) is 8.78 Å². The van der Waals surface area contributed by atoms with Gasteiger partial charge in [-0.15, -0.1) is 5.10 Å². The Morgan fingerprint density at radius 2 is 1.89 bits per heavy atom. The van der Waals surface area contributed by atoms with E-state index < -0.39 is 11.6 Å². The van der Waals surface area contributed by atoms with Crippen molar-refractivity contribution in [3.05, 3.63) is 48.4 Å². The first-order chi connectivity index (χ1) is 17.0. The summed E-state index contributed by atoms with van der Waals surface area (Å²) in [5.41, 5.74) is 7.98. The molecular formula is C23H23F2N9O. The number of nitrogen functional groups attached to an aromatic ring is 1. The standard InChI is InChI=1S/C23H23F2N9O/c1-35-19-3-2-18(20(24)21(19)25)34-23(30-31-32-34)17-6-14(9-28-22(17)26)15-10-29-33(11-15)16-4-12-7-27-8-13(12)5-16/h2-3,6,9-13,16,27H,4-5,7-8H2,1H3,(H2,26,28)/t12-,13?,16?/m1/s1. The van der Waals surface area contributed by atoms with E-state index in [1.807, 2.05) is 10.9 Å². The van der Waals surface area contributed by atoms with Gasteiger partial charge in [-0.05, 0) is 66.4 Å². The molecule has 35 heavy (non-hydrogen) atoms. The Kier molecular flexibility index (Phi) is 5.17. The van der Waals surface area contributed by atoms with Gasteiger partial charge in [0, 0.05) is 23.5 Å². The predicted molar refractivity (Wildman–Crippen MR) is 123 cm³/mol. The van der Waals surface area contributed by atoms with Gasteiger partial charge in [0.15, 0.2) is 17.4 Å². The molecule has 1 saturated heterocycles. The highest BCUT2D eigenvalue weighted by Gasteiger charge is 2.38. The highest BCUT2D eigenvalue weighted by molar-refractivity contribution is 5.76. The number of halogens is 2. The van der Waals surface area contributed by atoms with Crippen LogP contribution in [0.1, 0.15) is 18.9 Å². The lowest BCUT2D eigenvalue weighted by Gasteiger charge is -2.12. The van der Waals surface area contributed by atoms with Crippen LogP contribution in [0.2, 0.25) is 0 Å². The van der Waals surface area contributed by atoms with Crippen molar-refractivity contribution in [1.82, 2.24) is 40.3 Å². The maximum Gasteiger partial charge on any atom is 0.202 e. The topological polar surface area (TPSA) is 122 Å². The van der Waals surface area contributed by atoms with Crippen LogP contribution in [-0.4, -0.2) is 55.2 Å². The number of rotatable bonds is 5. The Balaban J connectivity index is 1.34. The zero-order valence-corrected chi connectivity index (χ0v) is 18.9. The molecule has 2 aliphatic rings. The van der Waals surface area contributed by atoms with Crippen molar-refractivity contribution in [1.29, 1.82) is 0 Å². The molecule has 180 valence electrons. The quantitative estimate of drug-likeness (QED) is 0.448. The molecule has 2 fully saturated rings. The number of nitrogens with zero attached hydrogens (tertiary/aromatic N) is 7. The van der Waals surface area contributed by atoms with Gasteiger partial charge < -0.3 is 15.8 Å². The normalized spacial score (nSPS) is 21.4. The number of aromatic nitrogens is 7. The molecule has 0 spiro atoms. The Labute approximate surface area is 199 Å². The molecule has 12 heteroatoms. The minimum atomic E-state index is -1.14. The molecular weight excluding hydrogens is 456 g/mol. The van der Waals surface area contributed by atoms with Gasteiger partial charge in [-0.1, -0.05) is 0 Å². The maximum atomic E-state index is 14.8. The van der Waals surface area contributed by atoms with Crippen LogP contribution in [0.3, 0.4) is 0 Å². The first-order valence-corrected chi connectivity index (χ1v) is 11.4. The maximum absolute atomic E-state index is 14.8. The number of nitrogens with one attached hydrogen (secondary N) is 1. The molecule has 1 saturated carbocycles. The third kappa shape index (κ3) is 3.60. The molecule has 2 unspecified atom stereocenters. The van der Waals surface area contributed by atoms with Gasteiger partial charge in [-0.2, -0.15) is 14.2 Å². The van der Waals surface area contributed by atoms with Crippen LogP contribution in [0.25, 0.3) is 28.2 Å². The van der Waals surface area contributed by atoms with E-state index in [-0.39, 0.29) is 23.1 Å². The molecule has 0 bridgehead atoms. The van der Waals surface area contributed by atoms with Crippen LogP contribution in [0.15, 0.2) is 36.8 Å². The Morgan fingerprint density at radius 3 is 2.66 bits per heavy atom. The van der Waals surface area contributed by atoms with Crippen molar-refractivity contribution in [2.45, 2.75) is 18.9 Å². The second-order valence-electron chi connectivity index (χ2n) is 9.00. The van der Waals surface area contributed by atoms with Gasteiger partial charge in [0.1, 0.15) is 11.5 Å². The molecule has 0 radical (unpaired) electrons. The van der Waals surface area contributed by atoms with Crippen molar-refractivity contribution >= 4 is 5.82 Å². The summed E-state index contributed by atoms with van der Waals surface area (Å²) in [7, 11) is 1.26. The van der Waals surface area contributed by atoms with Crippen molar-refractivity contribution in [2.24, 2.45) is 11.8 Å². The molecule has 1 aromatic carbocycles. The average molecular weight is 479 g/mol. The largest absolute Gasteiger partial charge is 0.494 e. The summed E-state index contributed by atoms with van der Waals surface area (Å²) in [6.07, 6.45) is 7.68. The SMILES string of the molecule is COc1ccc(-n2nnnc2-c2cc(-c3cnn(C4CC5CNC[C@H]5C4)c3)cnc2N)c(F)c1F. The van der Waals surface area contributed by atoms with E-state index >= 15 is 0 Å². The molecule has 4 heterocycles. The van der Waals surface area contributed by atoms with Crippen molar-refractivity contribution in [3.8, 4) is 34.0 Å². The van der Waals surface area contributed by atoms with E-state index in [2.05, 4.69) is 30.9 Å². The summed E-state index contributed by atoms with van der Waals surface area (Å²) in [5.74, 6) is -0.794. The van der Waals surface area contributed by atoms with E-state index in [0.29, 0.717) is 23.4 Å². The van der Waals surface area contributed by atoms with Crippen LogP contribution in [-0.2, 0) is 0 Å². The number of fused-ring (bicyclic) bond motifs is 1. The Morgan fingerprint density at radius 1 is 1.09 bits per heavy atom. The number of benzene rings is 1. The van der Waals surface area contributed by atoms with E-state index in [1.54, 1.807) is 18.5 Å². The summed E-state index contributed by atoms with van der Waals surface area (Å²) in [4.78, 5) is 4.30. The molecule has 3 N–H and O–H groups in total. The number of hydrogen-bond donors (Lipinski definition) is 2. The summed E-state index contributed by atoms with van der Waals surface area (Å²) in [6.45, 7) is 2.15. The van der Waals surface area contributed by atoms with Crippen LogP contribution >= 0.6 is 0 Å². The van der Waals surface area contributed by atoms with E-state index in [4.69, 9.17) is 10.5 Å². The fourth-order valence-corrected chi connectivity index (χ4v) is 5.21. The number of tetrazole rings is 1. The van der Waals surface area contributed by atoms with Gasteiger partial charge in [-0.3, -0.25) is 4.68 Å². The lowest BCUT2D eigenvalue weighted by Crippen LogP contribution is -2.14. The monoisotopic (exact) mass is 479 g/mol. The highest BCUT2D eigenvalue weighted by atomic mass is 19.2. The van der Waals surface area contributed by atoms with Crippen LogP contribution in [0.4, 0.5) is 14.6 Å². The van der Waals surface area contributed by atoms with E-state index in [0.717, 1.165) is 41.7 Å². The Hall–Kier alpha value is -3.93. The first kappa shape index (κ1) is 21.6. The summed E-state index contributed by atoms with van der Waals surface area (Å²) in [5, 5.41) is 19.6. The number of ether oxygens (including phenoxy) is 1. The van der Waals surface area contributed by atoms with Crippen molar-refractivity contribution in [2.75, 3.05) is 25.9 Å². The van der Waals surface area contributed by atoms with Crippen molar-refractivity contribution in [3.63, 3.8) is 0 Å². The van der Waals surface area contributed by atoms with Gasteiger partial charge in [-0.25, -0.2) is 9.37 Å². The van der Waals surface area contributed by atoms with Gasteiger partial charge in [0.05, 0.1) is 24.9 Å². The molecule has 4 aromatic rings. The third-order valence-electron chi connectivity index (χ3n) is 7.04. The van der Waals surface area contributed by atoms with Gasteiger partial charge in [0.25, 0.3) is 0 Å². The molecule has 3 atom stereocenters. The summed E-state index contributed by atoms with van der Waals surface area (Å²) >= 11 is 0. The second-order valence-corrected chi connectivity index (χ2v) is 9.00. The first-order valence-electron chi connectivity index (χ1n) is 11.4. The number of nitrogens with two attached hydrogens (primary N) is 1. The van der Waals surface area contributed by atoms with Crippen LogP contribution in [0.5, 0.6) is 5.75 Å². The minimum Gasteiger partial charge on any atom is -0.494 e. The minimum absolute atomic E-state index is 0.129. The van der Waals surface area contributed by atoms with Crippen LogP contribution < -0.4 is 15.8 Å². The smallest absolute Gasteiger partial charge is 0.202 e. The fraction of sp³-hybridized carbons (Fsp3) is 0.348. The van der Waals surface area contributed by atoms with Gasteiger partial charge in [0.2, 0.25) is 5.82 Å². The zero-order valence-electron chi connectivity index (χ0n) is 18.9. The molecule has 1 aliphatic heterocycles. The number of pyridine rings is 1. The van der Waals surface area contributed by atoms with Crippen LogP contribution in [0, 0.1) is 23.5 Å². The Bertz CT molecular complexity index is 1390. The molecule has 1 aliphatic carbocycles. The summed E-state index contributed by atoms with van der Waals surface area (Å²) in [6, 6.07) is 4.79. The second kappa shape index (κ2) is 8.38. The average Bonchev–Trinajstić information content (AvgIpc) is 3.64. The van der Waals surface area contributed by atoms with Gasteiger partial charge >= 0.3 is 0 Å². The lowest BCUT2D eigenvalue weighted by molar-refractivity contribution is 0.371. The highest BCUT2D eigenvalue weighted by Crippen LogP contribution is 2.41. The van der Waals surface area contributed by atoms with Crippen molar-refractivity contribution < 1.29 is 13.5 Å². The molecule has 6 rings (SSSR count). The predicted octanol–water partition coefficient (Wildman–Crippen LogP) is 2.63. The summed E-state index contributed by atoms with van der Waals surface area (Å²) < 4.78 is 37.0. The van der Waals surface area contributed by atoms with E-state index in [1.165, 1.54) is 19.2 Å².